The highest BCUT2D eigenvalue weighted by atomic mass is 16.3. The molecule has 2 heterocycles. The molecule has 0 saturated heterocycles. The zero-order chi connectivity index (χ0) is 53.3. The summed E-state index contributed by atoms with van der Waals surface area (Å²) in [6.45, 7) is 41.0. The fraction of sp³-hybridized carbons (Fsp3) is 0.290. The van der Waals surface area contributed by atoms with Crippen molar-refractivity contribution in [2.75, 3.05) is 0 Å². The predicted octanol–water partition coefficient (Wildman–Crippen LogP) is 19.2. The largest absolute Gasteiger partial charge is 0.507 e. The molecule has 0 saturated carbocycles. The average molecular weight is 973 g/mol. The number of fused-ring (bicyclic) bond motifs is 1. The number of aromatic nitrogens is 3. The third kappa shape index (κ3) is 10.1. The topological polar surface area (TPSA) is 55.3 Å². The first kappa shape index (κ1) is 51.4. The van der Waals surface area contributed by atoms with Gasteiger partial charge in [-0.25, -0.2) is 9.83 Å². The lowest BCUT2D eigenvalue weighted by Gasteiger charge is -2.28. The molecule has 7 aromatic carbocycles. The van der Waals surface area contributed by atoms with Crippen molar-refractivity contribution in [1.82, 2.24) is 14.5 Å². The molecule has 2 aromatic heterocycles. The number of hydrogen-bond donors (Lipinski definition) is 1. The molecular formula is C69H72N4O. The van der Waals surface area contributed by atoms with Crippen LogP contribution < -0.4 is 0 Å². The third-order valence-electron chi connectivity index (χ3n) is 14.5. The Kier molecular flexibility index (Phi) is 13.0. The van der Waals surface area contributed by atoms with E-state index in [1.165, 1.54) is 16.7 Å². The number of hydrogen-bond acceptors (Lipinski definition) is 3. The molecule has 0 aliphatic heterocycles. The van der Waals surface area contributed by atoms with E-state index in [-0.39, 0.29) is 32.8 Å². The van der Waals surface area contributed by atoms with Crippen molar-refractivity contribution in [2.45, 2.75) is 131 Å². The summed E-state index contributed by atoms with van der Waals surface area (Å²) in [7, 11) is 0. The fourth-order valence-electron chi connectivity index (χ4n) is 10.1. The smallest absolute Gasteiger partial charge is 0.187 e. The van der Waals surface area contributed by atoms with Crippen LogP contribution in [0, 0.1) is 6.57 Å². The number of para-hydroxylation sites is 1. The minimum atomic E-state index is -0.342. The molecule has 74 heavy (non-hydrogen) atoms. The van der Waals surface area contributed by atoms with Gasteiger partial charge in [0.2, 0.25) is 0 Å². The van der Waals surface area contributed by atoms with Crippen LogP contribution in [0.1, 0.15) is 132 Å². The molecule has 0 aliphatic rings. The van der Waals surface area contributed by atoms with Gasteiger partial charge in [-0.05, 0) is 131 Å². The van der Waals surface area contributed by atoms with Crippen LogP contribution in [0.3, 0.4) is 0 Å². The quantitative estimate of drug-likeness (QED) is 0.162. The SMILES string of the molecule is [C-]#[N+]c1ccc(-c2ccc(-c3ccnc(-c4cc(-c5cccc6c5nc(-c5cc(C(C)(C)C)cc(C(C)(C)C)c5O)n6-c5ccc(C(C)(C)C)cc5-c5ccccc5)cc(C(C)(C)C)c4)c3)c(C(C)(C)C)c2)cc1. The Balaban J connectivity index is 1.29. The summed E-state index contributed by atoms with van der Waals surface area (Å²) in [4.78, 5) is 14.4. The molecule has 0 amide bonds. The molecular weight excluding hydrogens is 901 g/mol. The highest BCUT2D eigenvalue weighted by Crippen LogP contribution is 2.47. The standard InChI is InChI=1S/C69H72N4O/c1-65(2,3)49-28-32-60(55(40-49)44-21-18-17-19-22-44)73-61-24-20-23-54(62(61)72-64(73)56-41-51(67(7,8)9)42-58(63(56)74)69(13,14)15)47-35-48(37-50(36-47)66(4,5)6)59-39-46(33-34-71-59)53-31-27-45(38-57(53)68(10,11)12)43-25-29-52(70-16)30-26-43/h17-42,74H,1-15H3. The average Bonchev–Trinajstić information content (AvgIpc) is 3.74. The second-order valence-electron chi connectivity index (χ2n) is 25.4. The van der Waals surface area contributed by atoms with Crippen LogP contribution in [0.15, 0.2) is 158 Å². The number of imidazole rings is 1. The van der Waals surface area contributed by atoms with Crippen LogP contribution in [0.4, 0.5) is 5.69 Å². The second kappa shape index (κ2) is 18.7. The monoisotopic (exact) mass is 973 g/mol. The number of nitrogens with zero attached hydrogens (tertiary/aromatic N) is 4. The van der Waals surface area contributed by atoms with Gasteiger partial charge in [0.05, 0.1) is 34.6 Å². The second-order valence-corrected chi connectivity index (χ2v) is 25.4. The van der Waals surface area contributed by atoms with Crippen LogP contribution in [0.5, 0.6) is 5.75 Å². The fourth-order valence-corrected chi connectivity index (χ4v) is 10.1. The van der Waals surface area contributed by atoms with Gasteiger partial charge in [0.25, 0.3) is 0 Å². The molecule has 0 fully saturated rings. The minimum Gasteiger partial charge on any atom is -0.507 e. The van der Waals surface area contributed by atoms with Crippen LogP contribution in [-0.2, 0) is 27.1 Å². The van der Waals surface area contributed by atoms with E-state index >= 15 is 0 Å². The molecule has 9 rings (SSSR count). The maximum atomic E-state index is 12.7. The first-order valence-corrected chi connectivity index (χ1v) is 26.1. The van der Waals surface area contributed by atoms with Gasteiger partial charge in [0, 0.05) is 28.5 Å². The van der Waals surface area contributed by atoms with Crippen LogP contribution >= 0.6 is 0 Å². The summed E-state index contributed by atoms with van der Waals surface area (Å²) in [6, 6.07) is 54.2. The van der Waals surface area contributed by atoms with Gasteiger partial charge in [-0.15, -0.1) is 0 Å². The zero-order valence-corrected chi connectivity index (χ0v) is 46.2. The number of rotatable bonds is 7. The molecule has 9 aromatic rings. The van der Waals surface area contributed by atoms with Gasteiger partial charge in [0.15, 0.2) is 5.69 Å². The lowest BCUT2D eigenvalue weighted by atomic mass is 9.79. The predicted molar refractivity (Wildman–Crippen MR) is 313 cm³/mol. The summed E-state index contributed by atoms with van der Waals surface area (Å²) < 4.78 is 2.29. The van der Waals surface area contributed by atoms with E-state index in [2.05, 4.69) is 241 Å². The van der Waals surface area contributed by atoms with E-state index in [4.69, 9.17) is 16.5 Å². The first-order chi connectivity index (χ1) is 34.7. The maximum absolute atomic E-state index is 12.7. The summed E-state index contributed by atoms with van der Waals surface area (Å²) in [5.74, 6) is 0.934. The lowest BCUT2D eigenvalue weighted by Crippen LogP contribution is -2.17. The van der Waals surface area contributed by atoms with Crippen molar-refractivity contribution in [3.8, 4) is 78.6 Å². The molecule has 0 aliphatic carbocycles. The summed E-state index contributed by atoms with van der Waals surface area (Å²) in [5, 5.41) is 12.7. The van der Waals surface area contributed by atoms with Gasteiger partial charge in [0.1, 0.15) is 11.6 Å². The van der Waals surface area contributed by atoms with E-state index in [0.29, 0.717) is 17.1 Å². The van der Waals surface area contributed by atoms with Gasteiger partial charge < -0.3 is 5.11 Å². The minimum absolute atomic E-state index is 0.0897. The molecule has 0 bridgehead atoms. The Hall–Kier alpha value is -7.55. The van der Waals surface area contributed by atoms with Gasteiger partial charge >= 0.3 is 0 Å². The molecule has 5 heteroatoms. The highest BCUT2D eigenvalue weighted by Gasteiger charge is 2.30. The molecule has 0 spiro atoms. The number of phenols is 1. The molecule has 0 radical (unpaired) electrons. The van der Waals surface area contributed by atoms with Crippen molar-refractivity contribution in [3.05, 3.63) is 197 Å². The Labute approximate surface area is 440 Å². The highest BCUT2D eigenvalue weighted by molar-refractivity contribution is 5.98. The van der Waals surface area contributed by atoms with Crippen molar-refractivity contribution in [2.24, 2.45) is 0 Å². The number of aromatic hydroxyl groups is 1. The molecule has 5 nitrogen and oxygen atoms in total. The van der Waals surface area contributed by atoms with E-state index in [9.17, 15) is 5.11 Å². The van der Waals surface area contributed by atoms with Gasteiger partial charge in [-0.2, -0.15) is 0 Å². The van der Waals surface area contributed by atoms with Crippen molar-refractivity contribution in [3.63, 3.8) is 0 Å². The van der Waals surface area contributed by atoms with E-state index in [1.807, 2.05) is 30.5 Å². The normalized spacial score (nSPS) is 12.6. The summed E-state index contributed by atoms with van der Waals surface area (Å²) in [5.41, 5.74) is 19.4. The molecule has 0 unspecified atom stereocenters. The van der Waals surface area contributed by atoms with Crippen molar-refractivity contribution < 1.29 is 5.11 Å². The van der Waals surface area contributed by atoms with E-state index in [0.717, 1.165) is 83.6 Å². The third-order valence-corrected chi connectivity index (χ3v) is 14.5. The van der Waals surface area contributed by atoms with Crippen molar-refractivity contribution in [1.29, 1.82) is 0 Å². The van der Waals surface area contributed by atoms with Crippen LogP contribution in [-0.4, -0.2) is 19.6 Å². The summed E-state index contributed by atoms with van der Waals surface area (Å²) in [6.07, 6.45) is 1.94. The molecule has 1 N–H and O–H groups in total. The Morgan fingerprint density at radius 2 is 1.05 bits per heavy atom. The zero-order valence-electron chi connectivity index (χ0n) is 46.2. The Morgan fingerprint density at radius 1 is 0.432 bits per heavy atom. The Morgan fingerprint density at radius 3 is 1.69 bits per heavy atom. The maximum Gasteiger partial charge on any atom is 0.187 e. The van der Waals surface area contributed by atoms with Crippen molar-refractivity contribution >= 4 is 16.7 Å². The van der Waals surface area contributed by atoms with Gasteiger partial charge in [-0.3, -0.25) is 9.55 Å². The van der Waals surface area contributed by atoms with E-state index < -0.39 is 0 Å². The van der Waals surface area contributed by atoms with Gasteiger partial charge in [-0.1, -0.05) is 207 Å². The molecule has 374 valence electrons. The van der Waals surface area contributed by atoms with Crippen LogP contribution in [0.2, 0.25) is 0 Å². The Bertz CT molecular complexity index is 3620. The van der Waals surface area contributed by atoms with Crippen LogP contribution in [0.25, 0.3) is 88.7 Å². The van der Waals surface area contributed by atoms with E-state index in [1.54, 1.807) is 0 Å². The summed E-state index contributed by atoms with van der Waals surface area (Å²) >= 11 is 0. The number of phenolic OH excluding ortho intramolecular Hbond substituents is 1. The lowest BCUT2D eigenvalue weighted by molar-refractivity contribution is 0.446. The first-order valence-electron chi connectivity index (χ1n) is 26.1. The molecule has 0 atom stereocenters. The number of pyridine rings is 1. The number of benzene rings is 7.